The van der Waals surface area contributed by atoms with Crippen molar-refractivity contribution >= 4 is 140 Å². The number of carbonyl (C=O) groups excluding carboxylic acids is 17. The molecule has 13 atom stereocenters. The number of thioether (sulfide) groups is 1. The number of para-hydroxylation sites is 1. The van der Waals surface area contributed by atoms with Crippen LogP contribution in [0.3, 0.4) is 0 Å². The molecule has 21 N–H and O–H groups in total. The Morgan fingerprint density at radius 3 is 1.83 bits per heavy atom. The van der Waals surface area contributed by atoms with Crippen molar-refractivity contribution in [3.05, 3.63) is 138 Å². The fraction of sp³-hybridized carbons (Fsp3) is 0.500. The molecule has 132 heavy (non-hydrogen) atoms. The number of nitrogens with two attached hydrogens (primary N) is 3. The highest BCUT2D eigenvalue weighted by molar-refractivity contribution is 8.00. The Bertz CT molecular complexity index is 5080. The summed E-state index contributed by atoms with van der Waals surface area (Å²) in [5.74, 6) is -17.1. The van der Waals surface area contributed by atoms with Crippen LogP contribution in [0.15, 0.2) is 116 Å². The molecule has 0 saturated carbocycles. The maximum atomic E-state index is 15.6. The van der Waals surface area contributed by atoms with E-state index in [1.54, 1.807) is 106 Å². The summed E-state index contributed by atoms with van der Waals surface area (Å²) in [6.45, 7) is 5.83. The van der Waals surface area contributed by atoms with Crippen LogP contribution in [0.1, 0.15) is 128 Å². The van der Waals surface area contributed by atoms with Gasteiger partial charge in [0.25, 0.3) is 0 Å². The number of aliphatic hydroxyl groups is 1. The molecule has 2 aromatic heterocycles. The smallest absolute Gasteiger partial charge is 0.246 e. The topological polar surface area (TPSA) is 605 Å². The zero-order valence-electron chi connectivity index (χ0n) is 75.8. The first kappa shape index (κ1) is 104. The number of unbranched alkanes of at least 4 members (excludes halogenated alkanes) is 1. The first-order valence-corrected chi connectivity index (χ1v) is 45.3. The zero-order chi connectivity index (χ0) is 96.6. The number of carbonyl (C=O) groups is 17. The number of rotatable bonds is 25. The molecule has 4 aromatic carbocycles. The molecule has 0 bridgehead atoms. The van der Waals surface area contributed by atoms with E-state index in [9.17, 15) is 62.6 Å². The highest BCUT2D eigenvalue weighted by atomic mass is 32.2. The number of aliphatic hydroxyl groups excluding tert-OH is 1. The van der Waals surface area contributed by atoms with Crippen LogP contribution in [0.5, 0.6) is 0 Å². The summed E-state index contributed by atoms with van der Waals surface area (Å²) >= 11 is 0.794. The molecule has 714 valence electrons. The Morgan fingerprint density at radius 2 is 1.16 bits per heavy atom. The van der Waals surface area contributed by atoms with Crippen molar-refractivity contribution in [1.29, 1.82) is 5.41 Å². The molecule has 0 radical (unpaired) electrons. The predicted octanol–water partition coefficient (Wildman–Crippen LogP) is -1.86. The Kier molecular flexibility index (Phi) is 39.8. The van der Waals surface area contributed by atoms with E-state index in [-0.39, 0.29) is 96.1 Å². The molecule has 0 aliphatic carbocycles. The molecule has 2 fully saturated rings. The van der Waals surface area contributed by atoms with Crippen LogP contribution in [0.4, 0.5) is 0 Å². The number of imidazole rings is 1. The van der Waals surface area contributed by atoms with Gasteiger partial charge >= 0.3 is 0 Å². The monoisotopic (exact) mass is 1850 g/mol. The summed E-state index contributed by atoms with van der Waals surface area (Å²) in [6, 6.07) is 8.48. The zero-order valence-corrected chi connectivity index (χ0v) is 76.6. The molecule has 2 aliphatic heterocycles. The number of primary amides is 2. The first-order chi connectivity index (χ1) is 62.9. The number of aromatic nitrogens is 3. The first-order valence-electron chi connectivity index (χ1n) is 44.1. The normalized spacial score (nSPS) is 23.5. The van der Waals surface area contributed by atoms with Gasteiger partial charge in [0.15, 0.2) is 5.96 Å². The fourth-order valence-electron chi connectivity index (χ4n) is 15.8. The van der Waals surface area contributed by atoms with Crippen LogP contribution < -0.4 is 75.7 Å². The van der Waals surface area contributed by atoms with Crippen LogP contribution in [0.2, 0.25) is 0 Å². The molecule has 42 heteroatoms. The lowest BCUT2D eigenvalue weighted by Gasteiger charge is -2.36. The second-order valence-corrected chi connectivity index (χ2v) is 34.7. The van der Waals surface area contributed by atoms with Crippen molar-refractivity contribution in [3.8, 4) is 0 Å². The maximum absolute atomic E-state index is 15.6. The molecule has 2 saturated heterocycles. The van der Waals surface area contributed by atoms with E-state index in [4.69, 9.17) is 22.6 Å². The van der Waals surface area contributed by atoms with Crippen molar-refractivity contribution in [2.45, 2.75) is 209 Å². The van der Waals surface area contributed by atoms with Crippen LogP contribution >= 0.6 is 11.8 Å². The number of hydrogen-bond acceptors (Lipinski definition) is 21. The van der Waals surface area contributed by atoms with Gasteiger partial charge in [-0.3, -0.25) is 86.9 Å². The number of H-pyrrole nitrogens is 2. The van der Waals surface area contributed by atoms with E-state index < -0.39 is 223 Å². The lowest BCUT2D eigenvalue weighted by Crippen LogP contribution is -2.61. The van der Waals surface area contributed by atoms with Gasteiger partial charge in [0.1, 0.15) is 78.5 Å². The molecule has 17 amide bonds. The number of nitrogens with one attached hydrogen (secondary N) is 14. The van der Waals surface area contributed by atoms with Gasteiger partial charge in [0.05, 0.1) is 38.2 Å². The number of guanidine groups is 1. The molecule has 41 nitrogen and oxygen atoms in total. The molecule has 13 unspecified atom stereocenters. The third kappa shape index (κ3) is 30.3. The van der Waals surface area contributed by atoms with Crippen molar-refractivity contribution in [2.75, 3.05) is 72.5 Å². The molecule has 4 heterocycles. The number of amides is 17. The van der Waals surface area contributed by atoms with E-state index in [2.05, 4.69) is 73.4 Å². The third-order valence-electron chi connectivity index (χ3n) is 23.0. The van der Waals surface area contributed by atoms with Gasteiger partial charge in [-0.15, -0.1) is 11.8 Å². The van der Waals surface area contributed by atoms with Gasteiger partial charge in [-0.05, 0) is 91.3 Å². The largest absolute Gasteiger partial charge is 0.394 e. The quantitative estimate of drug-likeness (QED) is 0.0170. The van der Waals surface area contributed by atoms with Crippen LogP contribution in [-0.4, -0.2) is 302 Å². The summed E-state index contributed by atoms with van der Waals surface area (Å²) in [5.41, 5.74) is 19.4. The van der Waals surface area contributed by atoms with Gasteiger partial charge in [0.2, 0.25) is 100 Å². The summed E-state index contributed by atoms with van der Waals surface area (Å²) in [7, 11) is 5.23. The molecule has 6 aromatic rings. The Hall–Kier alpha value is -13.5. The minimum atomic E-state index is -1.85. The second-order valence-electron chi connectivity index (χ2n) is 33.6. The summed E-state index contributed by atoms with van der Waals surface area (Å²) in [6.07, 6.45) is 3.81. The fourth-order valence-corrected chi connectivity index (χ4v) is 16.6. The maximum Gasteiger partial charge on any atom is 0.246 e. The Labute approximate surface area is 769 Å². The molecular weight excluding hydrogens is 1720 g/mol. The number of nitrogens with zero attached hydrogens (tertiary/aromatic N) is 6. The molecular formula is C90H125N23O18S. The number of aromatic amines is 2. The minimum absolute atomic E-state index is 0.00128. The van der Waals surface area contributed by atoms with Gasteiger partial charge < -0.3 is 115 Å². The Balaban J connectivity index is 1.18. The second kappa shape index (κ2) is 50.6. The van der Waals surface area contributed by atoms with Crippen molar-refractivity contribution in [2.24, 2.45) is 23.1 Å². The van der Waals surface area contributed by atoms with Crippen LogP contribution in [0, 0.1) is 11.3 Å². The average molecular weight is 1850 g/mol. The summed E-state index contributed by atoms with van der Waals surface area (Å²) < 4.78 is 0. The predicted molar refractivity (Wildman–Crippen MR) is 491 cm³/mol. The standard InChI is InChI=1S/C90H125N23O18S/c1-10-12-30-70-83(125)102-61(29-20-34-96-90(93)94)79(121)108-69(78(120)98-45-74(92)116)48-132-49-76(118)101-65(38-53-23-14-13-15-24-53)86(128)110(7)52(5)77(119)104-67(42-73(91)115)88(130)113-35-21-31-71(113)84(126)103-63(41-58-44-95-50-99-58)81(123)105-64(36-51(3)4)85(127)109(6)46-75(117)100-62(39-54-32-33-55-25-16-17-26-56(55)37-54)80(122)107-68(47-114)82(124)106-66(40-57-43-97-60-28-19-18-27-59(57)60)87(129)112(9)72(22-11-2)89(131)111(70)8/h13-19,23-28,32-33,37,43-44,50-52,61-72,97,114H,10-12,20-22,29-31,34-36,38-42,45-49H2,1-9H3,(H2,91,115)(H2,92,116)(H,95,99)(H,98,120)(H,100,117)(H,101,118)(H,102,125)(H,103,126)(H,104,119)(H,105,123)(H,106,124)(H,107,122)(H,108,121)(H4,93,94,96). The van der Waals surface area contributed by atoms with Gasteiger partial charge in [-0.25, -0.2) is 4.98 Å². The number of likely N-dealkylation sites (N-methyl/N-ethyl adjacent to an activating group) is 4. The minimum Gasteiger partial charge on any atom is -0.394 e. The van der Waals surface area contributed by atoms with Crippen molar-refractivity contribution in [1.82, 2.24) is 97.9 Å². The molecule has 2 aliphatic rings. The lowest BCUT2D eigenvalue weighted by molar-refractivity contribution is -0.149. The van der Waals surface area contributed by atoms with Crippen LogP contribution in [-0.2, 0) is 107 Å². The van der Waals surface area contributed by atoms with Crippen molar-refractivity contribution < 1.29 is 86.6 Å². The third-order valence-corrected chi connectivity index (χ3v) is 24.1. The number of fused-ring (bicyclic) bond motifs is 3. The van der Waals surface area contributed by atoms with E-state index in [0.29, 0.717) is 46.1 Å². The number of benzene rings is 4. The van der Waals surface area contributed by atoms with Gasteiger partial charge in [-0.2, -0.15) is 0 Å². The summed E-state index contributed by atoms with van der Waals surface area (Å²) in [4.78, 5) is 264. The van der Waals surface area contributed by atoms with E-state index in [1.807, 2.05) is 25.1 Å². The van der Waals surface area contributed by atoms with E-state index in [1.165, 1.54) is 47.6 Å². The highest BCUT2D eigenvalue weighted by Crippen LogP contribution is 2.26. The Morgan fingerprint density at radius 1 is 0.553 bits per heavy atom. The van der Waals surface area contributed by atoms with Gasteiger partial charge in [0, 0.05) is 102 Å². The SMILES string of the molecule is CCCCC1C(=O)NC(CCCNC(=N)N)C(=O)NC(C(=O)NCC(N)=O)CSCC(=O)NC(Cc2ccccc2)C(=O)N(C)C(C)C(=O)NC(CC(N)=O)C(=O)N2CCCC2C(=O)NC(Cc2cnc[nH]2)C(=O)NC(CC(C)C)C(=O)N(C)CC(=O)NC(Cc2ccc3ccccc3c2)C(=O)NC(CO)C(=O)NC(Cc2c[nH]c3ccccc23)C(=O)N(C)C(CCC)C(=O)N1C. The highest BCUT2D eigenvalue weighted by Gasteiger charge is 2.44. The van der Waals surface area contributed by atoms with Crippen molar-refractivity contribution in [3.63, 3.8) is 0 Å². The summed E-state index contributed by atoms with van der Waals surface area (Å²) in [5, 5.41) is 50.3. The van der Waals surface area contributed by atoms with Gasteiger partial charge in [-0.1, -0.05) is 138 Å². The van der Waals surface area contributed by atoms with Crippen LogP contribution in [0.25, 0.3) is 21.7 Å². The average Bonchev–Trinajstić information content (AvgIpc) is 0.944. The lowest BCUT2D eigenvalue weighted by atomic mass is 10.00. The number of hydrogen-bond donors (Lipinski definition) is 18. The van der Waals surface area contributed by atoms with E-state index >= 15 is 24.0 Å². The molecule has 8 rings (SSSR count). The van der Waals surface area contributed by atoms with E-state index in [0.717, 1.165) is 47.0 Å². The molecule has 0 spiro atoms.